The van der Waals surface area contributed by atoms with Crippen molar-refractivity contribution >= 4 is 40.5 Å². The maximum absolute atomic E-state index is 6.38. The van der Waals surface area contributed by atoms with E-state index in [1.165, 1.54) is 0 Å². The second kappa shape index (κ2) is 7.34. The third-order valence-electron chi connectivity index (χ3n) is 3.55. The molecule has 1 heterocycles. The number of hydrogen-bond acceptors (Lipinski definition) is 4. The molecular weight excluding hydrogens is 347 g/mol. The van der Waals surface area contributed by atoms with Crippen LogP contribution in [0.2, 0.25) is 10.0 Å². The Labute approximate surface area is 150 Å². The Morgan fingerprint density at radius 1 is 1.08 bits per heavy atom. The van der Waals surface area contributed by atoms with Gasteiger partial charge in [0.2, 0.25) is 12.1 Å². The van der Waals surface area contributed by atoms with E-state index in [0.29, 0.717) is 33.9 Å². The molecule has 2 aromatic carbocycles. The van der Waals surface area contributed by atoms with E-state index in [1.807, 2.05) is 43.3 Å². The van der Waals surface area contributed by atoms with E-state index in [0.717, 1.165) is 11.1 Å². The molecular formula is C18H16Cl2N2O2. The van der Waals surface area contributed by atoms with Crippen molar-refractivity contribution in [2.24, 2.45) is 9.98 Å². The first kappa shape index (κ1) is 17.0. The van der Waals surface area contributed by atoms with E-state index in [-0.39, 0.29) is 0 Å². The van der Waals surface area contributed by atoms with Gasteiger partial charge in [0.1, 0.15) is 0 Å². The van der Waals surface area contributed by atoms with E-state index < -0.39 is 6.23 Å². The molecule has 0 bridgehead atoms. The summed E-state index contributed by atoms with van der Waals surface area (Å²) in [5, 5.41) is 1.19. The van der Waals surface area contributed by atoms with E-state index in [9.17, 15) is 0 Å². The average Bonchev–Trinajstić information content (AvgIpc) is 2.72. The van der Waals surface area contributed by atoms with Gasteiger partial charge in [0.15, 0.2) is 0 Å². The van der Waals surface area contributed by atoms with Gasteiger partial charge < -0.3 is 9.47 Å². The van der Waals surface area contributed by atoms with Crippen LogP contribution < -0.4 is 0 Å². The number of rotatable bonds is 3. The fourth-order valence-electron chi connectivity index (χ4n) is 2.48. The standard InChI is InChI=1S/C18H16Cl2N2O2/c1-3-24-18-17(23-2)22-16(12-6-4-5-7-14(12)20)13-10-11(19)8-9-15(13)21-18/h4-10,17H,3H2,1-2H3. The van der Waals surface area contributed by atoms with Gasteiger partial charge >= 0.3 is 0 Å². The predicted molar refractivity (Wildman–Crippen MR) is 98.1 cm³/mol. The van der Waals surface area contributed by atoms with Crippen molar-refractivity contribution in [3.63, 3.8) is 0 Å². The van der Waals surface area contributed by atoms with E-state index in [4.69, 9.17) is 37.7 Å². The lowest BCUT2D eigenvalue weighted by Crippen LogP contribution is -2.24. The van der Waals surface area contributed by atoms with Crippen LogP contribution in [-0.2, 0) is 9.47 Å². The van der Waals surface area contributed by atoms with Gasteiger partial charge in [-0.2, -0.15) is 0 Å². The molecule has 0 amide bonds. The first-order valence-corrected chi connectivity index (χ1v) is 8.26. The minimum atomic E-state index is -0.651. The van der Waals surface area contributed by atoms with Crippen molar-refractivity contribution in [1.29, 1.82) is 0 Å². The van der Waals surface area contributed by atoms with Gasteiger partial charge in [0.05, 0.1) is 18.0 Å². The summed E-state index contributed by atoms with van der Waals surface area (Å²) in [6, 6.07) is 12.9. The number of ether oxygens (including phenoxy) is 2. The number of halogens is 2. The number of nitrogens with zero attached hydrogens (tertiary/aromatic N) is 2. The maximum Gasteiger partial charge on any atom is 0.242 e. The van der Waals surface area contributed by atoms with Crippen LogP contribution in [0.15, 0.2) is 52.4 Å². The van der Waals surface area contributed by atoms with Crippen LogP contribution in [0.25, 0.3) is 0 Å². The molecule has 0 N–H and O–H groups in total. The van der Waals surface area contributed by atoms with Crippen LogP contribution in [0.1, 0.15) is 18.1 Å². The Kier molecular flexibility index (Phi) is 5.19. The average molecular weight is 363 g/mol. The summed E-state index contributed by atoms with van der Waals surface area (Å²) in [6.45, 7) is 2.36. The summed E-state index contributed by atoms with van der Waals surface area (Å²) in [6.07, 6.45) is -0.651. The van der Waals surface area contributed by atoms with Gasteiger partial charge in [-0.3, -0.25) is 0 Å². The molecule has 1 atom stereocenters. The van der Waals surface area contributed by atoms with Gasteiger partial charge in [-0.05, 0) is 31.2 Å². The van der Waals surface area contributed by atoms with E-state index in [2.05, 4.69) is 4.99 Å². The maximum atomic E-state index is 6.38. The second-order valence-corrected chi connectivity index (χ2v) is 5.93. The van der Waals surface area contributed by atoms with Crippen LogP contribution in [0, 0.1) is 0 Å². The van der Waals surface area contributed by atoms with Crippen molar-refractivity contribution in [1.82, 2.24) is 0 Å². The summed E-state index contributed by atoms with van der Waals surface area (Å²) in [5.74, 6) is 0.408. The summed E-state index contributed by atoms with van der Waals surface area (Å²) < 4.78 is 11.1. The zero-order valence-electron chi connectivity index (χ0n) is 13.3. The normalized spacial score (nSPS) is 16.8. The fraction of sp³-hybridized carbons (Fsp3) is 0.222. The molecule has 1 aliphatic heterocycles. The number of methoxy groups -OCH3 is 1. The van der Waals surface area contributed by atoms with Crippen molar-refractivity contribution < 1.29 is 9.47 Å². The Morgan fingerprint density at radius 3 is 2.58 bits per heavy atom. The molecule has 1 unspecified atom stereocenters. The third kappa shape index (κ3) is 3.31. The molecule has 0 spiro atoms. The highest BCUT2D eigenvalue weighted by atomic mass is 35.5. The molecule has 0 saturated carbocycles. The van der Waals surface area contributed by atoms with Crippen molar-refractivity contribution in [2.75, 3.05) is 13.7 Å². The van der Waals surface area contributed by atoms with Crippen LogP contribution in [0.4, 0.5) is 5.69 Å². The highest BCUT2D eigenvalue weighted by Crippen LogP contribution is 2.31. The molecule has 2 aromatic rings. The molecule has 0 fully saturated rings. The zero-order valence-corrected chi connectivity index (χ0v) is 14.8. The Balaban J connectivity index is 2.25. The van der Waals surface area contributed by atoms with Crippen LogP contribution in [0.3, 0.4) is 0 Å². The van der Waals surface area contributed by atoms with Gasteiger partial charge in [-0.25, -0.2) is 9.98 Å². The Hall–Kier alpha value is -1.88. The fourth-order valence-corrected chi connectivity index (χ4v) is 2.88. The van der Waals surface area contributed by atoms with Gasteiger partial charge in [0, 0.05) is 28.3 Å². The summed E-state index contributed by atoms with van der Waals surface area (Å²) >= 11 is 12.6. The van der Waals surface area contributed by atoms with Crippen LogP contribution in [-0.4, -0.2) is 31.6 Å². The number of aliphatic imine (C=N–C) groups is 2. The van der Waals surface area contributed by atoms with E-state index >= 15 is 0 Å². The van der Waals surface area contributed by atoms with E-state index in [1.54, 1.807) is 13.2 Å². The highest BCUT2D eigenvalue weighted by molar-refractivity contribution is 6.36. The lowest BCUT2D eigenvalue weighted by atomic mass is 10.0. The minimum absolute atomic E-state index is 0.408. The molecule has 4 nitrogen and oxygen atoms in total. The first-order chi connectivity index (χ1) is 11.6. The molecule has 1 aliphatic rings. The second-order valence-electron chi connectivity index (χ2n) is 5.09. The van der Waals surface area contributed by atoms with Crippen molar-refractivity contribution in [2.45, 2.75) is 13.2 Å². The number of hydrogen-bond donors (Lipinski definition) is 0. The topological polar surface area (TPSA) is 43.2 Å². The lowest BCUT2D eigenvalue weighted by molar-refractivity contribution is 0.134. The van der Waals surface area contributed by atoms with Crippen LogP contribution in [0.5, 0.6) is 0 Å². The lowest BCUT2D eigenvalue weighted by Gasteiger charge is -2.14. The third-order valence-corrected chi connectivity index (χ3v) is 4.11. The molecule has 0 aromatic heterocycles. The predicted octanol–water partition coefficient (Wildman–Crippen LogP) is 4.88. The van der Waals surface area contributed by atoms with Gasteiger partial charge in [-0.1, -0.05) is 41.4 Å². The summed E-state index contributed by atoms with van der Waals surface area (Å²) in [5.41, 5.74) is 2.95. The Morgan fingerprint density at radius 2 is 1.88 bits per heavy atom. The molecule has 6 heteroatoms. The Bertz CT molecular complexity index is 818. The van der Waals surface area contributed by atoms with Gasteiger partial charge in [0.25, 0.3) is 0 Å². The van der Waals surface area contributed by atoms with Crippen LogP contribution >= 0.6 is 23.2 Å². The molecule has 0 saturated heterocycles. The largest absolute Gasteiger partial charge is 0.478 e. The molecule has 3 rings (SSSR count). The first-order valence-electron chi connectivity index (χ1n) is 7.50. The zero-order chi connectivity index (χ0) is 17.1. The minimum Gasteiger partial charge on any atom is -0.478 e. The van der Waals surface area contributed by atoms with Crippen molar-refractivity contribution in [3.05, 3.63) is 63.6 Å². The van der Waals surface area contributed by atoms with Gasteiger partial charge in [-0.15, -0.1) is 0 Å². The number of benzene rings is 2. The monoisotopic (exact) mass is 362 g/mol. The summed E-state index contributed by atoms with van der Waals surface area (Å²) in [7, 11) is 1.57. The molecule has 124 valence electrons. The SMILES string of the molecule is CCOC1=Nc2ccc(Cl)cc2C(c2ccccc2Cl)=NC1OC. The number of fused-ring (bicyclic) bond motifs is 1. The van der Waals surface area contributed by atoms with Crippen molar-refractivity contribution in [3.8, 4) is 0 Å². The molecule has 24 heavy (non-hydrogen) atoms. The molecule has 0 aliphatic carbocycles. The smallest absolute Gasteiger partial charge is 0.242 e. The quantitative estimate of drug-likeness (QED) is 0.780. The highest BCUT2D eigenvalue weighted by Gasteiger charge is 2.25. The summed E-state index contributed by atoms with van der Waals surface area (Å²) in [4.78, 5) is 9.28. The molecule has 0 radical (unpaired) electrons.